The molecule has 0 fully saturated rings. The third kappa shape index (κ3) is 3.13. The van der Waals surface area contributed by atoms with Gasteiger partial charge >= 0.3 is 0 Å². The first-order valence-corrected chi connectivity index (χ1v) is 7.38. The molecular formula is C15H12Cl2N6. The summed E-state index contributed by atoms with van der Waals surface area (Å²) in [4.78, 5) is 0. The molecule has 116 valence electrons. The van der Waals surface area contributed by atoms with E-state index in [1.165, 1.54) is 4.68 Å². The fourth-order valence-electron chi connectivity index (χ4n) is 1.98. The van der Waals surface area contributed by atoms with Crippen LogP contribution in [0.3, 0.4) is 0 Å². The highest BCUT2D eigenvalue weighted by Gasteiger charge is 2.14. The summed E-state index contributed by atoms with van der Waals surface area (Å²) in [5.41, 5.74) is 13.5. The molecule has 0 amide bonds. The number of nitrogens with zero attached hydrogens (tertiary/aromatic N) is 4. The van der Waals surface area contributed by atoms with Gasteiger partial charge in [0, 0.05) is 5.02 Å². The Bertz CT molecular complexity index is 873. The molecule has 1 aromatic heterocycles. The number of aromatic nitrogens is 2. The molecule has 0 saturated carbocycles. The molecule has 0 radical (unpaired) electrons. The number of hydrogen-bond donors (Lipinski definition) is 2. The van der Waals surface area contributed by atoms with Crippen molar-refractivity contribution in [3.8, 4) is 5.69 Å². The molecule has 0 spiro atoms. The largest absolute Gasteiger partial charge is 0.382 e. The number of azo groups is 1. The Hall–Kier alpha value is -2.57. The number of rotatable bonds is 3. The molecule has 0 aliphatic rings. The first-order valence-electron chi connectivity index (χ1n) is 6.62. The minimum atomic E-state index is 0.181. The molecule has 3 aromatic rings. The van der Waals surface area contributed by atoms with Crippen molar-refractivity contribution in [3.63, 3.8) is 0 Å². The van der Waals surface area contributed by atoms with Crippen molar-refractivity contribution in [2.45, 2.75) is 0 Å². The average molecular weight is 347 g/mol. The molecule has 6 nitrogen and oxygen atoms in total. The van der Waals surface area contributed by atoms with E-state index in [1.807, 2.05) is 30.3 Å². The highest BCUT2D eigenvalue weighted by atomic mass is 35.5. The second-order valence-electron chi connectivity index (χ2n) is 4.66. The molecular weight excluding hydrogens is 335 g/mol. The number of anilines is 2. The predicted molar refractivity (Wildman–Crippen MR) is 93.0 cm³/mol. The van der Waals surface area contributed by atoms with Crippen LogP contribution >= 0.6 is 23.2 Å². The van der Waals surface area contributed by atoms with Crippen molar-refractivity contribution in [2.24, 2.45) is 10.2 Å². The number of nitrogen functional groups attached to an aromatic ring is 2. The van der Waals surface area contributed by atoms with Crippen LogP contribution in [-0.2, 0) is 0 Å². The van der Waals surface area contributed by atoms with E-state index in [0.717, 1.165) is 5.69 Å². The van der Waals surface area contributed by atoms with Crippen LogP contribution in [0.2, 0.25) is 10.0 Å². The zero-order chi connectivity index (χ0) is 16.4. The van der Waals surface area contributed by atoms with Crippen molar-refractivity contribution in [1.82, 2.24) is 9.78 Å². The summed E-state index contributed by atoms with van der Waals surface area (Å²) in [6, 6.07) is 14.3. The molecule has 1 heterocycles. The summed E-state index contributed by atoms with van der Waals surface area (Å²) in [5, 5.41) is 13.2. The second kappa shape index (κ2) is 6.28. The van der Waals surface area contributed by atoms with Gasteiger partial charge in [-0.15, -0.1) is 15.3 Å². The van der Waals surface area contributed by atoms with Crippen molar-refractivity contribution in [2.75, 3.05) is 11.5 Å². The molecule has 0 aliphatic heterocycles. The highest BCUT2D eigenvalue weighted by molar-refractivity contribution is 6.36. The van der Waals surface area contributed by atoms with Crippen molar-refractivity contribution in [3.05, 3.63) is 58.6 Å². The average Bonchev–Trinajstić information content (AvgIpc) is 2.82. The topological polar surface area (TPSA) is 94.6 Å². The maximum Gasteiger partial charge on any atom is 0.176 e. The third-order valence-electron chi connectivity index (χ3n) is 3.09. The van der Waals surface area contributed by atoms with Gasteiger partial charge in [0.05, 0.1) is 10.7 Å². The highest BCUT2D eigenvalue weighted by Crippen LogP contribution is 2.34. The molecule has 0 aliphatic carbocycles. The first-order chi connectivity index (χ1) is 11.1. The van der Waals surface area contributed by atoms with Gasteiger partial charge in [-0.3, -0.25) is 0 Å². The van der Waals surface area contributed by atoms with Gasteiger partial charge in [-0.2, -0.15) is 0 Å². The van der Waals surface area contributed by atoms with Gasteiger partial charge in [-0.1, -0.05) is 41.4 Å². The van der Waals surface area contributed by atoms with Gasteiger partial charge in [0.15, 0.2) is 17.3 Å². The Balaban J connectivity index is 1.98. The van der Waals surface area contributed by atoms with Crippen LogP contribution in [0.15, 0.2) is 58.8 Å². The molecule has 0 saturated heterocycles. The summed E-state index contributed by atoms with van der Waals surface area (Å²) in [6.45, 7) is 0. The summed E-state index contributed by atoms with van der Waals surface area (Å²) in [6.07, 6.45) is 0. The van der Waals surface area contributed by atoms with Crippen LogP contribution in [0.5, 0.6) is 0 Å². The smallest absolute Gasteiger partial charge is 0.176 e. The van der Waals surface area contributed by atoms with E-state index in [-0.39, 0.29) is 5.82 Å². The monoisotopic (exact) mass is 346 g/mol. The minimum Gasteiger partial charge on any atom is -0.382 e. The van der Waals surface area contributed by atoms with E-state index in [4.69, 9.17) is 34.7 Å². The van der Waals surface area contributed by atoms with Crippen LogP contribution in [-0.4, -0.2) is 9.78 Å². The summed E-state index contributed by atoms with van der Waals surface area (Å²) >= 11 is 11.9. The van der Waals surface area contributed by atoms with Gasteiger partial charge in [0.2, 0.25) is 0 Å². The maximum absolute atomic E-state index is 6.08. The van der Waals surface area contributed by atoms with Gasteiger partial charge in [0.1, 0.15) is 5.69 Å². The van der Waals surface area contributed by atoms with Crippen molar-refractivity contribution in [1.29, 1.82) is 0 Å². The quantitative estimate of drug-likeness (QED) is 0.669. The molecule has 2 aromatic carbocycles. The lowest BCUT2D eigenvalue weighted by atomic mass is 10.3. The summed E-state index contributed by atoms with van der Waals surface area (Å²) in [5.74, 6) is 0.475. The Kier molecular flexibility index (Phi) is 4.18. The van der Waals surface area contributed by atoms with E-state index >= 15 is 0 Å². The van der Waals surface area contributed by atoms with Crippen LogP contribution in [0.1, 0.15) is 0 Å². The molecule has 3 rings (SSSR count). The normalized spacial score (nSPS) is 11.2. The van der Waals surface area contributed by atoms with E-state index in [1.54, 1.807) is 18.2 Å². The van der Waals surface area contributed by atoms with Gasteiger partial charge in [-0.25, -0.2) is 4.68 Å². The van der Waals surface area contributed by atoms with E-state index in [9.17, 15) is 0 Å². The standard InChI is InChI=1S/C15H12Cl2N6/c16-9-6-7-12(11(17)8-9)20-21-13-14(18)22-23(15(13)19)10-4-2-1-3-5-10/h1-8H,19H2,(H2,18,22). The van der Waals surface area contributed by atoms with Crippen molar-refractivity contribution < 1.29 is 0 Å². The van der Waals surface area contributed by atoms with E-state index < -0.39 is 0 Å². The maximum atomic E-state index is 6.08. The fourth-order valence-corrected chi connectivity index (χ4v) is 2.42. The number of para-hydroxylation sites is 1. The molecule has 23 heavy (non-hydrogen) atoms. The summed E-state index contributed by atoms with van der Waals surface area (Å²) < 4.78 is 1.51. The zero-order valence-corrected chi connectivity index (χ0v) is 13.3. The lowest BCUT2D eigenvalue weighted by Crippen LogP contribution is -2.01. The molecule has 8 heteroatoms. The van der Waals surface area contributed by atoms with Crippen LogP contribution in [0.25, 0.3) is 5.69 Å². The number of benzene rings is 2. The Morgan fingerprint density at radius 2 is 1.70 bits per heavy atom. The molecule has 0 unspecified atom stereocenters. The van der Waals surface area contributed by atoms with Crippen LogP contribution < -0.4 is 11.5 Å². The number of nitrogens with two attached hydrogens (primary N) is 2. The van der Waals surface area contributed by atoms with Crippen molar-refractivity contribution >= 4 is 46.2 Å². The van der Waals surface area contributed by atoms with Crippen LogP contribution in [0.4, 0.5) is 23.0 Å². The Morgan fingerprint density at radius 1 is 0.957 bits per heavy atom. The first kappa shape index (κ1) is 15.3. The molecule has 0 atom stereocenters. The van der Waals surface area contributed by atoms with Gasteiger partial charge < -0.3 is 11.5 Å². The Labute approximate surface area is 142 Å². The lowest BCUT2D eigenvalue weighted by molar-refractivity contribution is 0.897. The SMILES string of the molecule is Nc1nn(-c2ccccc2)c(N)c1N=Nc1ccc(Cl)cc1Cl. The molecule has 4 N–H and O–H groups in total. The van der Waals surface area contributed by atoms with Crippen LogP contribution in [0, 0.1) is 0 Å². The minimum absolute atomic E-state index is 0.181. The Morgan fingerprint density at radius 3 is 2.39 bits per heavy atom. The number of halogens is 2. The lowest BCUT2D eigenvalue weighted by Gasteiger charge is -2.02. The van der Waals surface area contributed by atoms with E-state index in [0.29, 0.717) is 27.2 Å². The fraction of sp³-hybridized carbons (Fsp3) is 0. The number of hydrogen-bond acceptors (Lipinski definition) is 5. The van der Waals surface area contributed by atoms with E-state index in [2.05, 4.69) is 15.3 Å². The summed E-state index contributed by atoms with van der Waals surface area (Å²) in [7, 11) is 0. The van der Waals surface area contributed by atoms with Gasteiger partial charge in [0.25, 0.3) is 0 Å². The van der Waals surface area contributed by atoms with Gasteiger partial charge in [-0.05, 0) is 30.3 Å². The third-order valence-corrected chi connectivity index (χ3v) is 3.63. The second-order valence-corrected chi connectivity index (χ2v) is 5.51. The zero-order valence-electron chi connectivity index (χ0n) is 11.8. The predicted octanol–water partition coefficient (Wildman–Crippen LogP) is 4.76. The molecule has 0 bridgehead atoms.